The van der Waals surface area contributed by atoms with Crippen molar-refractivity contribution in [1.82, 2.24) is 24.8 Å². The van der Waals surface area contributed by atoms with E-state index in [4.69, 9.17) is 85.9 Å². The largest absolute Gasteiger partial charge is 0.379 e. The van der Waals surface area contributed by atoms with Crippen molar-refractivity contribution < 1.29 is 57.6 Å². The number of aromatic nitrogens is 4. The third kappa shape index (κ3) is 27.7. The highest BCUT2D eigenvalue weighted by Gasteiger charge is 2.26. The lowest BCUT2D eigenvalue weighted by molar-refractivity contribution is 0.0395. The zero-order valence-electron chi connectivity index (χ0n) is 68.5. The van der Waals surface area contributed by atoms with Gasteiger partial charge in [-0.1, -0.05) is 131 Å². The van der Waals surface area contributed by atoms with Crippen LogP contribution in [0.5, 0.6) is 0 Å². The van der Waals surface area contributed by atoms with Gasteiger partial charge < -0.3 is 26.0 Å². The second-order valence-corrected chi connectivity index (χ2v) is 39.7. The van der Waals surface area contributed by atoms with Crippen LogP contribution in [0.15, 0.2) is 243 Å². The molecule has 1 fully saturated rings. The minimum absolute atomic E-state index is 0.0552. The highest BCUT2D eigenvalue weighted by molar-refractivity contribution is 7.92. The van der Waals surface area contributed by atoms with Gasteiger partial charge in [0.15, 0.2) is 9.84 Å². The minimum atomic E-state index is -3.55. The van der Waals surface area contributed by atoms with Gasteiger partial charge in [0.2, 0.25) is 30.1 Å². The normalized spacial score (nSPS) is 12.2. The number of ether oxygens (including phenoxy) is 1. The molecule has 1 aliphatic heterocycles. The predicted molar refractivity (Wildman–Crippen MR) is 504 cm³/mol. The zero-order chi connectivity index (χ0) is 90.7. The first kappa shape index (κ1) is 96.6. The number of halogens is 7. The molecule has 652 valence electrons. The molecule has 4 aromatic heterocycles. The van der Waals surface area contributed by atoms with Crippen LogP contribution in [0.3, 0.4) is 0 Å². The molecule has 13 rings (SSSR count). The van der Waals surface area contributed by atoms with E-state index in [2.05, 4.69) is 46.1 Å². The van der Waals surface area contributed by atoms with Crippen molar-refractivity contribution in [2.45, 2.75) is 26.5 Å². The number of pyridine rings is 4. The summed E-state index contributed by atoms with van der Waals surface area (Å²) in [6.45, 7) is 9.53. The standard InChI is InChI=1S/C25H26Cl2N4O4S.C23H23Cl2N3O3S.C21H19ClN2O3S.C20H17Cl2N3O3S/c1-36(33,34)31(11-10-30-12-14-35-15-13-30)19-6-7-20(23(27)17-19)25(32)29-18-5-8-22(26)21(16-18)24-4-2-3-9-28-24;1-15(2)14-28(32(3,30)31)17-8-9-18(21(25)13-17)23(29)27-16-7-10-20(24)19(12-16)22-6-4-5-11-26-22;1-14-11-15(13-28(2,26)27)6-8-17(14)21(25)24-16-7-9-19(22)18(12-16)20-5-3-4-10-23-20;1-25(29(2,27)28)14-7-8-15(18(22)12-14)20(26)24-13-6-9-17(21)16(11-13)19-5-3-4-10-23-19/h2-9,16-17H,10-15H2,1H3,(H,29,32);4-13,15H,14H2,1-3H3,(H,27,29);3-12H,13H2,1-2H3,(H,24,25);3-12H,1-2H3,(H,24,26). The smallest absolute Gasteiger partial charge is 0.257 e. The third-order valence-electron chi connectivity index (χ3n) is 18.7. The van der Waals surface area contributed by atoms with Crippen LogP contribution in [0.25, 0.3) is 45.0 Å². The van der Waals surface area contributed by atoms with Crippen LogP contribution in [-0.4, -0.2) is 160 Å². The Labute approximate surface area is 762 Å². The van der Waals surface area contributed by atoms with Crippen molar-refractivity contribution in [3.63, 3.8) is 0 Å². The van der Waals surface area contributed by atoms with Crippen molar-refractivity contribution in [1.29, 1.82) is 0 Å². The van der Waals surface area contributed by atoms with E-state index in [-0.39, 0.29) is 55.9 Å². The number of benzene rings is 8. The summed E-state index contributed by atoms with van der Waals surface area (Å²) >= 11 is 44.2. The maximum Gasteiger partial charge on any atom is 0.257 e. The fraction of sp³-hybridized carbons (Fsp3) is 0.191. The number of aryl methyl sites for hydroxylation is 1. The number of carbonyl (C=O) groups is 4. The molecule has 36 heteroatoms. The van der Waals surface area contributed by atoms with Crippen molar-refractivity contribution in [3.05, 3.63) is 312 Å². The number of sulfonamides is 3. The maximum atomic E-state index is 13.0. The van der Waals surface area contributed by atoms with E-state index in [1.54, 1.807) is 147 Å². The van der Waals surface area contributed by atoms with Gasteiger partial charge in [-0.2, -0.15) is 0 Å². The molecular weight excluding hydrogens is 1820 g/mol. The molecule has 1 aliphatic rings. The first-order valence-electron chi connectivity index (χ1n) is 38.1. The molecule has 0 unspecified atom stereocenters. The van der Waals surface area contributed by atoms with Crippen LogP contribution >= 0.6 is 81.2 Å². The topological polar surface area (TPSA) is 327 Å². The summed E-state index contributed by atoms with van der Waals surface area (Å²) in [5, 5.41) is 13.8. The van der Waals surface area contributed by atoms with Crippen LogP contribution in [-0.2, 0) is 50.4 Å². The summed E-state index contributed by atoms with van der Waals surface area (Å²) in [6, 6.07) is 61.1. The number of hydrogen-bond acceptors (Lipinski definition) is 18. The summed E-state index contributed by atoms with van der Waals surface area (Å²) < 4.78 is 105. The average Bonchev–Trinajstić information content (AvgIpc) is 1.66. The van der Waals surface area contributed by atoms with Crippen LogP contribution in [0, 0.1) is 12.8 Å². The Kier molecular flexibility index (Phi) is 33.6. The van der Waals surface area contributed by atoms with Gasteiger partial charge in [0.05, 0.1) is 129 Å². The van der Waals surface area contributed by atoms with Gasteiger partial charge in [-0.15, -0.1) is 0 Å². The number of amides is 4. The van der Waals surface area contributed by atoms with E-state index in [0.29, 0.717) is 142 Å². The van der Waals surface area contributed by atoms with E-state index >= 15 is 0 Å². The van der Waals surface area contributed by atoms with Crippen molar-refractivity contribution in [3.8, 4) is 45.0 Å². The number of nitrogens with zero attached hydrogens (tertiary/aromatic N) is 8. The molecule has 0 spiro atoms. The molecule has 0 atom stereocenters. The van der Waals surface area contributed by atoms with Gasteiger partial charge >= 0.3 is 0 Å². The molecule has 12 aromatic rings. The van der Waals surface area contributed by atoms with E-state index in [0.717, 1.165) is 41.7 Å². The summed E-state index contributed by atoms with van der Waals surface area (Å²) in [5.41, 5.74) is 11.3. The Balaban J connectivity index is 0.000000175. The molecule has 1 saturated heterocycles. The van der Waals surface area contributed by atoms with Crippen LogP contribution in [0.4, 0.5) is 39.8 Å². The van der Waals surface area contributed by atoms with Gasteiger partial charge in [-0.3, -0.25) is 56.9 Å². The van der Waals surface area contributed by atoms with Crippen LogP contribution < -0.4 is 34.2 Å². The molecule has 0 aliphatic carbocycles. The number of nitrogens with one attached hydrogen (secondary N) is 4. The van der Waals surface area contributed by atoms with Crippen molar-refractivity contribution >= 4 is 185 Å². The van der Waals surface area contributed by atoms with E-state index in [9.17, 15) is 52.8 Å². The Hall–Kier alpha value is -10.6. The van der Waals surface area contributed by atoms with Gasteiger partial charge in [0.1, 0.15) is 0 Å². The fourth-order valence-corrected chi connectivity index (χ4v) is 17.4. The summed E-state index contributed by atoms with van der Waals surface area (Å²) in [5.74, 6) is -1.51. The molecule has 0 radical (unpaired) electrons. The quantitative estimate of drug-likeness (QED) is 0.0413. The first-order valence-corrected chi connectivity index (χ1v) is 48.4. The molecule has 0 saturated carbocycles. The highest BCUT2D eigenvalue weighted by Crippen LogP contribution is 2.37. The minimum Gasteiger partial charge on any atom is -0.379 e. The molecule has 0 bridgehead atoms. The lowest BCUT2D eigenvalue weighted by atomic mass is 10.0. The number of morpholine rings is 1. The lowest BCUT2D eigenvalue weighted by Gasteiger charge is -2.30. The van der Waals surface area contributed by atoms with Crippen molar-refractivity contribution in [2.75, 3.05) is 112 Å². The molecule has 125 heavy (non-hydrogen) atoms. The fourth-order valence-electron chi connectivity index (χ4n) is 12.5. The Morgan fingerprint density at radius 2 is 0.728 bits per heavy atom. The molecule has 8 aromatic carbocycles. The highest BCUT2D eigenvalue weighted by atomic mass is 35.5. The molecule has 5 heterocycles. The molecule has 4 amide bonds. The maximum absolute atomic E-state index is 13.0. The lowest BCUT2D eigenvalue weighted by Crippen LogP contribution is -2.43. The van der Waals surface area contributed by atoms with Gasteiger partial charge in [-0.05, 0) is 206 Å². The van der Waals surface area contributed by atoms with Crippen molar-refractivity contribution in [2.24, 2.45) is 5.92 Å². The van der Waals surface area contributed by atoms with Gasteiger partial charge in [0.25, 0.3) is 23.6 Å². The first-order chi connectivity index (χ1) is 59.2. The van der Waals surface area contributed by atoms with Crippen LogP contribution in [0.2, 0.25) is 35.2 Å². The Morgan fingerprint density at radius 3 is 1.03 bits per heavy atom. The van der Waals surface area contributed by atoms with Gasteiger partial charge in [-0.25, -0.2) is 33.7 Å². The Bertz CT molecular complexity index is 6400. The summed E-state index contributed by atoms with van der Waals surface area (Å²) in [7, 11) is -12.2. The van der Waals surface area contributed by atoms with E-state index in [1.807, 2.05) is 74.5 Å². The second kappa shape index (κ2) is 43.5. The monoisotopic (exact) mass is 1900 g/mol. The summed E-state index contributed by atoms with van der Waals surface area (Å²) in [6.07, 6.45) is 11.2. The van der Waals surface area contributed by atoms with E-state index < -0.39 is 57.6 Å². The van der Waals surface area contributed by atoms with Gasteiger partial charge in [0, 0.05) is 121 Å². The number of anilines is 7. The molecule has 4 N–H and O–H groups in total. The molecule has 25 nitrogen and oxygen atoms in total. The summed E-state index contributed by atoms with van der Waals surface area (Å²) in [4.78, 5) is 70.5. The molecular formula is C89H85Cl7N12O13S4. The number of rotatable bonds is 25. The number of sulfone groups is 1. The van der Waals surface area contributed by atoms with Crippen LogP contribution in [0.1, 0.15) is 66.4 Å². The number of hydrogen-bond donors (Lipinski definition) is 4. The third-order valence-corrected chi connectivity index (χ3v) is 25.4. The Morgan fingerprint density at radius 1 is 0.400 bits per heavy atom. The second-order valence-electron chi connectivity index (χ2n) is 28.9. The average molecular weight is 1910 g/mol. The number of carbonyl (C=O) groups excluding carboxylic acids is 4. The van der Waals surface area contributed by atoms with E-state index in [1.165, 1.54) is 64.4 Å². The SMILES string of the molecule is CC(C)CN(c1ccc(C(=O)Nc2ccc(Cl)c(-c3ccccn3)c2)c(Cl)c1)S(C)(=O)=O.CN(c1ccc(C(=O)Nc2ccc(Cl)c(-c3ccccn3)c2)c(Cl)c1)S(C)(=O)=O.CS(=O)(=O)N(CCN1CCOCC1)c1ccc(C(=O)Nc2ccc(Cl)c(-c3ccccn3)c2)c(Cl)c1.Cc1cc(CS(C)(=O)=O)ccc1C(=O)Nc1ccc(Cl)c(-c2ccccn2)c1. The predicted octanol–water partition coefficient (Wildman–Crippen LogP) is 19.3. The zero-order valence-corrected chi connectivity index (χ0v) is 77.0.